The fraction of sp³-hybridized carbons (Fsp3) is 0.652. The van der Waals surface area contributed by atoms with Gasteiger partial charge in [0, 0.05) is 44.8 Å². The minimum absolute atomic E-state index is 0.0672. The second-order valence-electron chi connectivity index (χ2n) is 9.47. The van der Waals surface area contributed by atoms with Gasteiger partial charge >= 0.3 is 6.09 Å². The second kappa shape index (κ2) is 11.0. The van der Waals surface area contributed by atoms with Gasteiger partial charge in [0.15, 0.2) is 0 Å². The SMILES string of the molecule is CC(C)(C)NC(=O)OCCN1CC2CN(C[C@@H](O)COc3ccc(C#N)cc3)CC(C1)O2. The van der Waals surface area contributed by atoms with Crippen LogP contribution in [0.4, 0.5) is 4.79 Å². The number of carbonyl (C=O) groups excluding carboxylic acids is 1. The number of fused-ring (bicyclic) bond motifs is 2. The van der Waals surface area contributed by atoms with E-state index in [-0.39, 0.29) is 24.4 Å². The van der Waals surface area contributed by atoms with Crippen LogP contribution in [0.3, 0.4) is 0 Å². The summed E-state index contributed by atoms with van der Waals surface area (Å²) < 4.78 is 17.0. The molecule has 3 atom stereocenters. The van der Waals surface area contributed by atoms with Crippen LogP contribution in [0.25, 0.3) is 0 Å². The van der Waals surface area contributed by atoms with Crippen molar-refractivity contribution >= 4 is 6.09 Å². The smallest absolute Gasteiger partial charge is 0.407 e. The number of aliphatic hydroxyl groups excluding tert-OH is 1. The van der Waals surface area contributed by atoms with Crippen LogP contribution in [0.1, 0.15) is 26.3 Å². The van der Waals surface area contributed by atoms with E-state index in [9.17, 15) is 9.90 Å². The lowest BCUT2D eigenvalue weighted by Crippen LogP contribution is -2.60. The molecule has 2 saturated heterocycles. The molecule has 2 N–H and O–H groups in total. The van der Waals surface area contributed by atoms with E-state index in [4.69, 9.17) is 19.5 Å². The molecule has 2 heterocycles. The number of β-amino-alcohol motifs (C(OH)–C–C–N with tert-alkyl or cyclic N) is 1. The normalized spacial score (nSPS) is 22.6. The average molecular weight is 447 g/mol. The molecule has 0 spiro atoms. The number of aliphatic hydroxyl groups is 1. The van der Waals surface area contributed by atoms with Crippen LogP contribution >= 0.6 is 0 Å². The Morgan fingerprint density at radius 3 is 2.44 bits per heavy atom. The lowest BCUT2D eigenvalue weighted by Gasteiger charge is -2.46. The Hall–Kier alpha value is -2.38. The molecule has 2 aliphatic rings. The van der Waals surface area contributed by atoms with E-state index in [0.717, 1.165) is 26.2 Å². The van der Waals surface area contributed by atoms with Gasteiger partial charge in [0.1, 0.15) is 25.1 Å². The maximum Gasteiger partial charge on any atom is 0.407 e. The second-order valence-corrected chi connectivity index (χ2v) is 9.47. The van der Waals surface area contributed by atoms with Gasteiger partial charge < -0.3 is 24.6 Å². The van der Waals surface area contributed by atoms with Crippen LogP contribution in [-0.4, -0.2) is 97.3 Å². The first-order valence-electron chi connectivity index (χ1n) is 11.1. The van der Waals surface area contributed by atoms with Gasteiger partial charge in [0.25, 0.3) is 0 Å². The summed E-state index contributed by atoms with van der Waals surface area (Å²) in [5.74, 6) is 0.635. The Morgan fingerprint density at radius 2 is 1.84 bits per heavy atom. The first-order chi connectivity index (χ1) is 15.2. The van der Waals surface area contributed by atoms with E-state index in [1.807, 2.05) is 20.8 Å². The molecule has 2 fully saturated rings. The Labute approximate surface area is 189 Å². The van der Waals surface area contributed by atoms with Gasteiger partial charge in [-0.05, 0) is 45.0 Å². The van der Waals surface area contributed by atoms with Gasteiger partial charge in [-0.25, -0.2) is 4.79 Å². The zero-order valence-electron chi connectivity index (χ0n) is 19.1. The number of benzene rings is 1. The van der Waals surface area contributed by atoms with E-state index in [1.54, 1.807) is 24.3 Å². The quantitative estimate of drug-likeness (QED) is 0.614. The molecule has 3 rings (SSSR count). The number of nitrogens with one attached hydrogen (secondary N) is 1. The number of morpholine rings is 2. The van der Waals surface area contributed by atoms with E-state index in [0.29, 0.717) is 31.0 Å². The minimum Gasteiger partial charge on any atom is -0.491 e. The molecular formula is C23H34N4O5. The average Bonchev–Trinajstić information content (AvgIpc) is 2.70. The number of hydrogen-bond donors (Lipinski definition) is 2. The van der Waals surface area contributed by atoms with Gasteiger partial charge in [-0.15, -0.1) is 0 Å². The highest BCUT2D eigenvalue weighted by molar-refractivity contribution is 5.68. The van der Waals surface area contributed by atoms with Crippen LogP contribution in [-0.2, 0) is 9.47 Å². The Bertz CT molecular complexity index is 775. The molecule has 2 aliphatic heterocycles. The van der Waals surface area contributed by atoms with Crippen molar-refractivity contribution in [3.63, 3.8) is 0 Å². The Morgan fingerprint density at radius 1 is 1.22 bits per heavy atom. The highest BCUT2D eigenvalue weighted by atomic mass is 16.5. The number of alkyl carbamates (subject to hydrolysis) is 1. The van der Waals surface area contributed by atoms with Crippen molar-refractivity contribution < 1.29 is 24.1 Å². The minimum atomic E-state index is -0.615. The Balaban J connectivity index is 1.35. The monoisotopic (exact) mass is 446 g/mol. The van der Waals surface area contributed by atoms with E-state index >= 15 is 0 Å². The molecule has 32 heavy (non-hydrogen) atoms. The standard InChI is InChI=1S/C23H34N4O5/c1-23(2,3)25-22(29)30-9-8-26-12-20-14-27(15-21(13-26)32-20)11-18(28)16-31-19-6-4-17(10-24)5-7-19/h4-7,18,20-21,28H,8-9,11-16H2,1-3H3,(H,25,29)/t18-,20?,21?/m1/s1. The summed E-state index contributed by atoms with van der Waals surface area (Å²) in [7, 11) is 0. The molecule has 9 heteroatoms. The van der Waals surface area contributed by atoms with Crippen LogP contribution < -0.4 is 10.1 Å². The van der Waals surface area contributed by atoms with Gasteiger partial charge in [0.2, 0.25) is 0 Å². The summed E-state index contributed by atoms with van der Waals surface area (Å²) in [5, 5.41) is 22.0. The lowest BCUT2D eigenvalue weighted by atomic mass is 10.1. The molecule has 1 amide bonds. The lowest BCUT2D eigenvalue weighted by molar-refractivity contribution is -0.144. The van der Waals surface area contributed by atoms with E-state index in [2.05, 4.69) is 21.2 Å². The number of nitrogens with zero attached hydrogens (tertiary/aromatic N) is 3. The van der Waals surface area contributed by atoms with Crippen molar-refractivity contribution in [1.29, 1.82) is 5.26 Å². The highest BCUT2D eigenvalue weighted by Gasteiger charge is 2.35. The van der Waals surface area contributed by atoms with Gasteiger partial charge in [0.05, 0.1) is 23.8 Å². The summed E-state index contributed by atoms with van der Waals surface area (Å²) in [4.78, 5) is 16.3. The molecule has 2 unspecified atom stereocenters. The van der Waals surface area contributed by atoms with Crippen molar-refractivity contribution in [1.82, 2.24) is 15.1 Å². The molecule has 1 aromatic carbocycles. The number of amides is 1. The largest absolute Gasteiger partial charge is 0.491 e. The van der Waals surface area contributed by atoms with Crippen molar-refractivity contribution in [2.24, 2.45) is 0 Å². The summed E-state index contributed by atoms with van der Waals surface area (Å²) >= 11 is 0. The van der Waals surface area contributed by atoms with E-state index < -0.39 is 12.2 Å². The van der Waals surface area contributed by atoms with Crippen LogP contribution in [0.15, 0.2) is 24.3 Å². The zero-order valence-corrected chi connectivity index (χ0v) is 19.1. The van der Waals surface area contributed by atoms with Gasteiger partial charge in [-0.2, -0.15) is 5.26 Å². The Kier molecular flexibility index (Phi) is 8.32. The number of rotatable bonds is 8. The molecule has 2 bridgehead atoms. The number of ether oxygens (including phenoxy) is 3. The predicted molar refractivity (Wildman–Crippen MR) is 118 cm³/mol. The fourth-order valence-corrected chi connectivity index (χ4v) is 3.97. The number of nitriles is 1. The summed E-state index contributed by atoms with van der Waals surface area (Å²) in [6.45, 7) is 10.5. The van der Waals surface area contributed by atoms with Crippen molar-refractivity contribution in [2.75, 3.05) is 52.5 Å². The van der Waals surface area contributed by atoms with Crippen LogP contribution in [0.5, 0.6) is 5.75 Å². The molecular weight excluding hydrogens is 412 g/mol. The first kappa shape index (κ1) is 24.3. The zero-order chi connectivity index (χ0) is 23.1. The molecule has 1 aromatic rings. The third-order valence-corrected chi connectivity index (χ3v) is 5.24. The van der Waals surface area contributed by atoms with Crippen LogP contribution in [0, 0.1) is 11.3 Å². The molecule has 9 nitrogen and oxygen atoms in total. The van der Waals surface area contributed by atoms with Gasteiger partial charge in [-0.1, -0.05) is 0 Å². The van der Waals surface area contributed by atoms with Crippen molar-refractivity contribution in [2.45, 2.75) is 44.6 Å². The highest BCUT2D eigenvalue weighted by Crippen LogP contribution is 2.19. The summed E-state index contributed by atoms with van der Waals surface area (Å²) in [6, 6.07) is 8.92. The third kappa shape index (κ3) is 7.95. The van der Waals surface area contributed by atoms with Crippen molar-refractivity contribution in [3.8, 4) is 11.8 Å². The molecule has 0 aliphatic carbocycles. The van der Waals surface area contributed by atoms with E-state index in [1.165, 1.54) is 0 Å². The topological polar surface area (TPSA) is 107 Å². The van der Waals surface area contributed by atoms with Crippen LogP contribution in [0.2, 0.25) is 0 Å². The summed E-state index contributed by atoms with van der Waals surface area (Å²) in [6.07, 6.45) is -0.875. The molecule has 0 radical (unpaired) electrons. The molecule has 176 valence electrons. The number of hydrogen-bond acceptors (Lipinski definition) is 8. The number of carbonyl (C=O) groups is 1. The van der Waals surface area contributed by atoms with Crippen molar-refractivity contribution in [3.05, 3.63) is 29.8 Å². The van der Waals surface area contributed by atoms with Gasteiger partial charge in [-0.3, -0.25) is 9.80 Å². The first-order valence-corrected chi connectivity index (χ1v) is 11.1. The predicted octanol–water partition coefficient (Wildman–Crippen LogP) is 1.21. The molecule has 0 aromatic heterocycles. The summed E-state index contributed by atoms with van der Waals surface area (Å²) in [5.41, 5.74) is 0.264. The maximum atomic E-state index is 11.8. The third-order valence-electron chi connectivity index (χ3n) is 5.24. The maximum absolute atomic E-state index is 11.8. The fourth-order valence-electron chi connectivity index (χ4n) is 3.97. The molecule has 0 saturated carbocycles.